The van der Waals surface area contributed by atoms with Gasteiger partial charge in [-0.1, -0.05) is 29.8 Å². The molecular formula is C23H19ClN2O4. The molecule has 0 aromatic heterocycles. The molecule has 0 radical (unpaired) electrons. The van der Waals surface area contributed by atoms with E-state index >= 15 is 0 Å². The molecule has 0 aliphatic carbocycles. The van der Waals surface area contributed by atoms with Gasteiger partial charge in [0.05, 0.1) is 0 Å². The molecule has 0 saturated heterocycles. The fourth-order valence-electron chi connectivity index (χ4n) is 2.66. The van der Waals surface area contributed by atoms with Crippen molar-refractivity contribution >= 4 is 35.1 Å². The van der Waals surface area contributed by atoms with Gasteiger partial charge in [0, 0.05) is 35.3 Å². The zero-order valence-electron chi connectivity index (χ0n) is 16.1. The van der Waals surface area contributed by atoms with Crippen molar-refractivity contribution in [3.05, 3.63) is 94.5 Å². The van der Waals surface area contributed by atoms with E-state index in [-0.39, 0.29) is 11.8 Å². The summed E-state index contributed by atoms with van der Waals surface area (Å²) in [6.45, 7) is 1.61. The molecule has 0 bridgehead atoms. The first-order valence-electron chi connectivity index (χ1n) is 9.13. The van der Waals surface area contributed by atoms with Crippen molar-refractivity contribution in [2.24, 2.45) is 0 Å². The predicted molar refractivity (Wildman–Crippen MR) is 115 cm³/mol. The highest BCUT2D eigenvalue weighted by molar-refractivity contribution is 6.30. The highest BCUT2D eigenvalue weighted by Crippen LogP contribution is 2.15. The van der Waals surface area contributed by atoms with Gasteiger partial charge in [0.15, 0.2) is 0 Å². The average Bonchev–Trinajstić information content (AvgIpc) is 2.73. The number of carbonyl (C=O) groups excluding carboxylic acids is 3. The number of nitrogens with one attached hydrogen (secondary N) is 2. The van der Waals surface area contributed by atoms with Crippen molar-refractivity contribution < 1.29 is 19.1 Å². The quantitative estimate of drug-likeness (QED) is 0.454. The third-order valence-electron chi connectivity index (χ3n) is 4.13. The van der Waals surface area contributed by atoms with Gasteiger partial charge in [-0.25, -0.2) is 0 Å². The number of anilines is 1. The lowest BCUT2D eigenvalue weighted by atomic mass is 10.1. The second-order valence-corrected chi connectivity index (χ2v) is 6.90. The number of hydrogen-bond acceptors (Lipinski definition) is 4. The van der Waals surface area contributed by atoms with Crippen molar-refractivity contribution in [2.75, 3.05) is 5.32 Å². The second kappa shape index (κ2) is 9.71. The van der Waals surface area contributed by atoms with Gasteiger partial charge in [-0.2, -0.15) is 0 Å². The van der Waals surface area contributed by atoms with Crippen molar-refractivity contribution in [1.82, 2.24) is 5.32 Å². The van der Waals surface area contributed by atoms with Crippen LogP contribution in [-0.2, 0) is 11.3 Å². The molecule has 0 spiro atoms. The Bertz CT molecular complexity index is 1060. The topological polar surface area (TPSA) is 84.5 Å². The number of amides is 2. The second-order valence-electron chi connectivity index (χ2n) is 6.46. The summed E-state index contributed by atoms with van der Waals surface area (Å²) in [5.41, 5.74) is 2.40. The standard InChI is InChI=1S/C23H19ClN2O4/c1-15(27)30-21-4-2-3-18(13-21)22(28)25-14-16-5-11-20(12-6-16)26-23(29)17-7-9-19(24)10-8-17/h2-13H,14H2,1H3,(H,25,28)(H,26,29). The van der Waals surface area contributed by atoms with E-state index in [4.69, 9.17) is 16.3 Å². The Hall–Kier alpha value is -3.64. The Morgan fingerprint density at radius 2 is 1.57 bits per heavy atom. The van der Waals surface area contributed by atoms with Crippen molar-refractivity contribution in [3.63, 3.8) is 0 Å². The van der Waals surface area contributed by atoms with Gasteiger partial charge in [-0.15, -0.1) is 0 Å². The van der Waals surface area contributed by atoms with E-state index in [0.29, 0.717) is 34.1 Å². The first-order chi connectivity index (χ1) is 14.4. The normalized spacial score (nSPS) is 10.2. The van der Waals surface area contributed by atoms with Crippen LogP contribution in [0.25, 0.3) is 0 Å². The molecule has 30 heavy (non-hydrogen) atoms. The molecule has 2 amide bonds. The van der Waals surface area contributed by atoms with E-state index < -0.39 is 5.97 Å². The number of rotatable bonds is 6. The molecule has 152 valence electrons. The van der Waals surface area contributed by atoms with Crippen LogP contribution in [-0.4, -0.2) is 17.8 Å². The molecule has 0 heterocycles. The largest absolute Gasteiger partial charge is 0.427 e. The lowest BCUT2D eigenvalue weighted by Gasteiger charge is -2.09. The van der Waals surface area contributed by atoms with Gasteiger partial charge >= 0.3 is 5.97 Å². The number of halogens is 1. The summed E-state index contributed by atoms with van der Waals surface area (Å²) >= 11 is 5.83. The molecule has 3 aromatic carbocycles. The zero-order valence-corrected chi connectivity index (χ0v) is 16.9. The molecule has 0 fully saturated rings. The van der Waals surface area contributed by atoms with Crippen LogP contribution < -0.4 is 15.4 Å². The third-order valence-corrected chi connectivity index (χ3v) is 4.38. The van der Waals surface area contributed by atoms with Crippen LogP contribution in [0, 0.1) is 0 Å². The minimum Gasteiger partial charge on any atom is -0.427 e. The first-order valence-corrected chi connectivity index (χ1v) is 9.51. The summed E-state index contributed by atoms with van der Waals surface area (Å²) < 4.78 is 4.99. The predicted octanol–water partition coefficient (Wildman–Crippen LogP) is 4.45. The van der Waals surface area contributed by atoms with E-state index in [1.807, 2.05) is 12.1 Å². The lowest BCUT2D eigenvalue weighted by Crippen LogP contribution is -2.22. The number of carbonyl (C=O) groups is 3. The molecule has 0 saturated carbocycles. The molecule has 3 aromatic rings. The van der Waals surface area contributed by atoms with Crippen LogP contribution in [0.5, 0.6) is 5.75 Å². The van der Waals surface area contributed by atoms with E-state index in [9.17, 15) is 14.4 Å². The minimum atomic E-state index is -0.448. The zero-order chi connectivity index (χ0) is 21.5. The molecule has 6 nitrogen and oxygen atoms in total. The molecule has 3 rings (SSSR count). The Labute approximate surface area is 178 Å². The number of benzene rings is 3. The molecule has 0 aliphatic heterocycles. The Balaban J connectivity index is 1.55. The SMILES string of the molecule is CC(=O)Oc1cccc(C(=O)NCc2ccc(NC(=O)c3ccc(Cl)cc3)cc2)c1. The number of ether oxygens (including phenoxy) is 1. The molecule has 7 heteroatoms. The fourth-order valence-corrected chi connectivity index (χ4v) is 2.79. The molecular weight excluding hydrogens is 404 g/mol. The van der Waals surface area contributed by atoms with Gasteiger partial charge in [0.1, 0.15) is 5.75 Å². The highest BCUT2D eigenvalue weighted by atomic mass is 35.5. The first kappa shape index (κ1) is 21.1. The van der Waals surface area contributed by atoms with Gasteiger partial charge in [0.25, 0.3) is 11.8 Å². The third kappa shape index (κ3) is 5.93. The van der Waals surface area contributed by atoms with Crippen LogP contribution in [0.15, 0.2) is 72.8 Å². The van der Waals surface area contributed by atoms with Crippen LogP contribution in [0.3, 0.4) is 0 Å². The van der Waals surface area contributed by atoms with E-state index in [2.05, 4.69) is 10.6 Å². The van der Waals surface area contributed by atoms with Crippen molar-refractivity contribution in [2.45, 2.75) is 13.5 Å². The smallest absolute Gasteiger partial charge is 0.308 e. The lowest BCUT2D eigenvalue weighted by molar-refractivity contribution is -0.131. The van der Waals surface area contributed by atoms with Crippen LogP contribution in [0.2, 0.25) is 5.02 Å². The van der Waals surface area contributed by atoms with Crippen LogP contribution >= 0.6 is 11.6 Å². The molecule has 0 aliphatic rings. The van der Waals surface area contributed by atoms with Crippen molar-refractivity contribution in [1.29, 1.82) is 0 Å². The van der Waals surface area contributed by atoms with Gasteiger partial charge < -0.3 is 15.4 Å². The summed E-state index contributed by atoms with van der Waals surface area (Å²) in [7, 11) is 0. The Kier molecular flexibility index (Phi) is 6.83. The average molecular weight is 423 g/mol. The van der Waals surface area contributed by atoms with Gasteiger partial charge in [0.2, 0.25) is 0 Å². The molecule has 2 N–H and O–H groups in total. The Morgan fingerprint density at radius 3 is 2.23 bits per heavy atom. The number of esters is 1. The van der Waals surface area contributed by atoms with E-state index in [1.165, 1.54) is 13.0 Å². The maximum absolute atomic E-state index is 12.3. The minimum absolute atomic E-state index is 0.236. The van der Waals surface area contributed by atoms with Crippen LogP contribution in [0.4, 0.5) is 5.69 Å². The van der Waals surface area contributed by atoms with Crippen LogP contribution in [0.1, 0.15) is 33.2 Å². The maximum Gasteiger partial charge on any atom is 0.308 e. The fraction of sp³-hybridized carbons (Fsp3) is 0.0870. The number of hydrogen-bond donors (Lipinski definition) is 2. The van der Waals surface area contributed by atoms with Gasteiger partial charge in [-0.3, -0.25) is 14.4 Å². The van der Waals surface area contributed by atoms with Crippen molar-refractivity contribution in [3.8, 4) is 5.75 Å². The van der Waals surface area contributed by atoms with Gasteiger partial charge in [-0.05, 0) is 60.2 Å². The molecule has 0 unspecified atom stereocenters. The molecule has 0 atom stereocenters. The maximum atomic E-state index is 12.3. The summed E-state index contributed by atoms with van der Waals surface area (Å²) in [6, 6.07) is 20.2. The van der Waals surface area contributed by atoms with E-state index in [1.54, 1.807) is 54.6 Å². The Morgan fingerprint density at radius 1 is 0.867 bits per heavy atom. The monoisotopic (exact) mass is 422 g/mol. The highest BCUT2D eigenvalue weighted by Gasteiger charge is 2.09. The summed E-state index contributed by atoms with van der Waals surface area (Å²) in [6.07, 6.45) is 0. The summed E-state index contributed by atoms with van der Waals surface area (Å²) in [4.78, 5) is 35.6. The van der Waals surface area contributed by atoms with E-state index in [0.717, 1.165) is 5.56 Å². The summed E-state index contributed by atoms with van der Waals surface area (Å²) in [5.74, 6) is -0.656. The summed E-state index contributed by atoms with van der Waals surface area (Å²) in [5, 5.41) is 6.18.